The summed E-state index contributed by atoms with van der Waals surface area (Å²) in [6.45, 7) is 15.5. The van der Waals surface area contributed by atoms with Gasteiger partial charge in [0.2, 0.25) is 0 Å². The second kappa shape index (κ2) is 22.2. The van der Waals surface area contributed by atoms with Crippen LogP contribution in [0.5, 0.6) is 0 Å². The van der Waals surface area contributed by atoms with E-state index in [-0.39, 0.29) is 35.5 Å². The van der Waals surface area contributed by atoms with E-state index in [4.69, 9.17) is 5.73 Å². The van der Waals surface area contributed by atoms with Gasteiger partial charge in [0.25, 0.3) is 0 Å². The Morgan fingerprint density at radius 1 is 1.21 bits per heavy atom. The molecular formula is C32H58F2N6OS2. The molecule has 0 aromatic heterocycles. The summed E-state index contributed by atoms with van der Waals surface area (Å²) in [5, 5.41) is 2.98. The normalized spacial score (nSPS) is 24.5. The van der Waals surface area contributed by atoms with Gasteiger partial charge in [0.05, 0.1) is 5.75 Å². The molecule has 11 heteroatoms. The number of rotatable bonds is 10. The summed E-state index contributed by atoms with van der Waals surface area (Å²) in [6.07, 6.45) is 7.92. The molecule has 0 radical (unpaired) electrons. The van der Waals surface area contributed by atoms with Crippen LogP contribution in [-0.4, -0.2) is 104 Å². The van der Waals surface area contributed by atoms with Crippen molar-refractivity contribution in [2.75, 3.05) is 64.1 Å². The molecule has 1 saturated carbocycles. The number of carbonyl (C=O) groups excluding carboxylic acids is 1. The highest BCUT2D eigenvalue weighted by atomic mass is 32.2. The molecule has 2 amide bonds. The second-order valence-electron chi connectivity index (χ2n) is 11.9. The van der Waals surface area contributed by atoms with Gasteiger partial charge in [-0.1, -0.05) is 20.8 Å². The highest BCUT2D eigenvalue weighted by Gasteiger charge is 2.33. The molecule has 0 spiro atoms. The van der Waals surface area contributed by atoms with E-state index >= 15 is 0 Å². The third-order valence-corrected chi connectivity index (χ3v) is 9.40. The van der Waals surface area contributed by atoms with Crippen LogP contribution in [0.3, 0.4) is 0 Å². The number of nitrogens with one attached hydrogen (secondary N) is 1. The zero-order valence-corrected chi connectivity index (χ0v) is 29.5. The Kier molecular flexibility index (Phi) is 20.4. The molecule has 1 saturated heterocycles. The summed E-state index contributed by atoms with van der Waals surface area (Å²) in [5.41, 5.74) is 5.76. The topological polar surface area (TPSA) is 77.2 Å². The van der Waals surface area contributed by atoms with Crippen LogP contribution in [0.1, 0.15) is 65.9 Å². The predicted octanol–water partition coefficient (Wildman–Crippen LogP) is 7.03. The molecule has 5 atom stereocenters. The van der Waals surface area contributed by atoms with Gasteiger partial charge in [-0.05, 0) is 88.6 Å². The van der Waals surface area contributed by atoms with Crippen LogP contribution >= 0.6 is 23.9 Å². The van der Waals surface area contributed by atoms with E-state index in [1.165, 1.54) is 17.9 Å². The lowest BCUT2D eigenvalue weighted by atomic mass is 9.79. The molecule has 0 bridgehead atoms. The van der Waals surface area contributed by atoms with Crippen molar-refractivity contribution in [3.8, 4) is 0 Å². The number of aliphatic imine (C=N–C) groups is 1. The highest BCUT2D eigenvalue weighted by molar-refractivity contribution is 7.98. The molecule has 1 aromatic rings. The maximum absolute atomic E-state index is 13.9. The van der Waals surface area contributed by atoms with E-state index in [0.29, 0.717) is 42.7 Å². The first-order chi connectivity index (χ1) is 20.5. The minimum atomic E-state index is -0.453. The van der Waals surface area contributed by atoms with Gasteiger partial charge in [-0.2, -0.15) is 15.6 Å². The summed E-state index contributed by atoms with van der Waals surface area (Å²) in [5.74, 6) is 1.83. The lowest BCUT2D eigenvalue weighted by Gasteiger charge is -2.43. The third-order valence-electron chi connectivity index (χ3n) is 8.40. The lowest BCUT2D eigenvalue weighted by Crippen LogP contribution is -2.55. The summed E-state index contributed by atoms with van der Waals surface area (Å²) >= 11 is 1.94. The number of hydrogen-bond donors (Lipinski definition) is 2. The zero-order valence-electron chi connectivity index (χ0n) is 27.8. The number of nitrogens with zero attached hydrogens (tertiary/aromatic N) is 4. The van der Waals surface area contributed by atoms with Crippen molar-refractivity contribution >= 4 is 41.8 Å². The lowest BCUT2D eigenvalue weighted by molar-refractivity contribution is 0.0545. The number of benzene rings is 1. The van der Waals surface area contributed by atoms with Crippen LogP contribution in [0.4, 0.5) is 18.8 Å². The smallest absolute Gasteiger partial charge is 0.322 e. The number of nitrogens with two attached hydrogens (primary N) is 1. The Balaban J connectivity index is 0.000000899. The van der Waals surface area contributed by atoms with E-state index in [1.807, 2.05) is 16.7 Å². The van der Waals surface area contributed by atoms with Gasteiger partial charge in [-0.15, -0.1) is 0 Å². The largest absolute Gasteiger partial charge is 0.326 e. The van der Waals surface area contributed by atoms with Crippen molar-refractivity contribution in [1.82, 2.24) is 14.7 Å². The maximum Gasteiger partial charge on any atom is 0.322 e. The molecule has 3 N–H and O–H groups in total. The van der Waals surface area contributed by atoms with Crippen molar-refractivity contribution in [2.45, 2.75) is 84.2 Å². The number of halogens is 2. The Bertz CT molecular complexity index is 941. The Hall–Kier alpha value is -1.40. The predicted molar refractivity (Wildman–Crippen MR) is 186 cm³/mol. The SMILES string of the molecule is CC1CCC(N(CCCN2CC(C)N(C)CC2C)C(=O)Nc2ccc(F)c(CSF)c2)C(C)C1.CCSC.CN=CCN. The number of carbonyl (C=O) groups is 1. The molecule has 5 unspecified atom stereocenters. The molecule has 7 nitrogen and oxygen atoms in total. The minimum absolute atomic E-state index is 0.0710. The van der Waals surface area contributed by atoms with Crippen LogP contribution in [-0.2, 0) is 5.75 Å². The molecule has 3 rings (SSSR count). The van der Waals surface area contributed by atoms with Crippen molar-refractivity contribution < 1.29 is 13.1 Å². The monoisotopic (exact) mass is 644 g/mol. The number of anilines is 1. The summed E-state index contributed by atoms with van der Waals surface area (Å²) < 4.78 is 26.7. The molecular weight excluding hydrogens is 587 g/mol. The van der Waals surface area contributed by atoms with Crippen LogP contribution in [0, 0.1) is 17.7 Å². The first-order valence-corrected chi connectivity index (χ1v) is 17.9. The third kappa shape index (κ3) is 14.5. The Morgan fingerprint density at radius 2 is 1.91 bits per heavy atom. The molecule has 1 aliphatic heterocycles. The number of hydrogen-bond acceptors (Lipinski definition) is 7. The average Bonchev–Trinajstić information content (AvgIpc) is 2.97. The van der Waals surface area contributed by atoms with Crippen LogP contribution in [0.2, 0.25) is 0 Å². The van der Waals surface area contributed by atoms with Gasteiger partial charge in [-0.3, -0.25) is 9.89 Å². The minimum Gasteiger partial charge on any atom is -0.326 e. The van der Waals surface area contributed by atoms with E-state index < -0.39 is 5.82 Å². The standard InChI is InChI=1S/C26H42F2N4OS.C3H8N2.C3H8S/c1-18-7-10-25(19(2)13-18)32(12-6-11-31-16-20(3)30(5)15-21(31)4)26(33)29-23-8-9-24(27)22(14-23)17-34-28;1-5-3-2-4;1-3-4-2/h8-9,14,18-21,25H,6-7,10-13,15-17H2,1-5H3,(H,29,33);3H,2,4H2,1H3;3H2,1-2H3. The fourth-order valence-corrected chi connectivity index (χ4v) is 6.12. The molecule has 43 heavy (non-hydrogen) atoms. The van der Waals surface area contributed by atoms with Crippen LogP contribution < -0.4 is 11.1 Å². The molecule has 1 aliphatic carbocycles. The molecule has 1 heterocycles. The van der Waals surface area contributed by atoms with E-state index in [1.54, 1.807) is 19.3 Å². The van der Waals surface area contributed by atoms with Crippen molar-refractivity contribution in [1.29, 1.82) is 0 Å². The summed E-state index contributed by atoms with van der Waals surface area (Å²) in [7, 11) is 3.88. The molecule has 1 aromatic carbocycles. The molecule has 2 fully saturated rings. The Morgan fingerprint density at radius 3 is 2.47 bits per heavy atom. The van der Waals surface area contributed by atoms with Crippen molar-refractivity contribution in [3.05, 3.63) is 29.6 Å². The zero-order chi connectivity index (χ0) is 32.4. The van der Waals surface area contributed by atoms with Crippen molar-refractivity contribution in [3.63, 3.8) is 0 Å². The first kappa shape index (κ1) is 39.6. The van der Waals surface area contributed by atoms with Crippen LogP contribution in [0.25, 0.3) is 0 Å². The van der Waals surface area contributed by atoms with Gasteiger partial charge in [-0.25, -0.2) is 9.18 Å². The van der Waals surface area contributed by atoms with Gasteiger partial charge in [0, 0.05) is 87.5 Å². The van der Waals surface area contributed by atoms with Gasteiger partial charge in [0.15, 0.2) is 0 Å². The first-order valence-electron chi connectivity index (χ1n) is 15.7. The average molecular weight is 645 g/mol. The summed E-state index contributed by atoms with van der Waals surface area (Å²) in [6, 6.07) is 5.48. The Labute approximate surface area is 269 Å². The number of likely N-dealkylation sites (N-methyl/N-ethyl adjacent to an activating group) is 1. The summed E-state index contributed by atoms with van der Waals surface area (Å²) in [4.78, 5) is 24.0. The molecule has 2 aliphatic rings. The number of piperazine rings is 1. The highest BCUT2D eigenvalue weighted by Crippen LogP contribution is 2.33. The fourth-order valence-electron chi connectivity index (χ4n) is 5.78. The molecule has 248 valence electrons. The number of amides is 2. The number of urea groups is 1. The quantitative estimate of drug-likeness (QED) is 0.267. The van der Waals surface area contributed by atoms with Gasteiger partial charge >= 0.3 is 6.03 Å². The van der Waals surface area contributed by atoms with E-state index in [0.717, 1.165) is 45.3 Å². The van der Waals surface area contributed by atoms with Gasteiger partial charge < -0.3 is 20.9 Å². The maximum atomic E-state index is 13.9. The second-order valence-corrected chi connectivity index (χ2v) is 13.5. The van der Waals surface area contributed by atoms with E-state index in [9.17, 15) is 13.1 Å². The number of thioether (sulfide) groups is 1. The fraction of sp³-hybridized carbons (Fsp3) is 0.750. The van der Waals surface area contributed by atoms with E-state index in [2.05, 4.69) is 68.0 Å². The van der Waals surface area contributed by atoms with Crippen molar-refractivity contribution in [2.24, 2.45) is 22.6 Å². The van der Waals surface area contributed by atoms with Crippen LogP contribution in [0.15, 0.2) is 23.2 Å². The van der Waals surface area contributed by atoms with Gasteiger partial charge in [0.1, 0.15) is 5.82 Å².